The van der Waals surface area contributed by atoms with Gasteiger partial charge >= 0.3 is 0 Å². The average molecular weight is 218 g/mol. The number of amides is 1. The molecule has 0 aliphatic heterocycles. The van der Waals surface area contributed by atoms with E-state index in [9.17, 15) is 4.79 Å². The minimum absolute atomic E-state index is 0.00478. The van der Waals surface area contributed by atoms with Crippen LogP contribution >= 0.6 is 11.6 Å². The highest BCUT2D eigenvalue weighted by molar-refractivity contribution is 6.17. The molecular formula is C8H12ClN3O2. The summed E-state index contributed by atoms with van der Waals surface area (Å²) in [5.41, 5.74) is 0. The van der Waals surface area contributed by atoms with Gasteiger partial charge in [-0.05, 0) is 6.42 Å². The Morgan fingerprint density at radius 3 is 3.14 bits per heavy atom. The number of halogens is 1. The molecule has 0 saturated heterocycles. The fraction of sp³-hybridized carbons (Fsp3) is 0.625. The summed E-state index contributed by atoms with van der Waals surface area (Å²) in [5, 5.41) is 6.18. The topological polar surface area (TPSA) is 68.0 Å². The highest BCUT2D eigenvalue weighted by Crippen LogP contribution is 1.93. The van der Waals surface area contributed by atoms with Gasteiger partial charge < -0.3 is 9.84 Å². The number of hydrogen-bond acceptors (Lipinski definition) is 4. The number of hydrogen-bond donors (Lipinski definition) is 1. The molecule has 0 unspecified atom stereocenters. The lowest BCUT2D eigenvalue weighted by molar-refractivity contribution is -0.121. The van der Waals surface area contributed by atoms with Gasteiger partial charge in [-0.25, -0.2) is 0 Å². The highest BCUT2D eigenvalue weighted by atomic mass is 35.5. The zero-order valence-electron chi connectivity index (χ0n) is 7.70. The summed E-state index contributed by atoms with van der Waals surface area (Å²) in [6.45, 7) is 0.517. The first-order chi connectivity index (χ1) is 6.83. The molecule has 0 aromatic carbocycles. The molecule has 1 rings (SSSR count). The van der Waals surface area contributed by atoms with Gasteiger partial charge in [-0.1, -0.05) is 5.16 Å². The maximum absolute atomic E-state index is 11.1. The van der Waals surface area contributed by atoms with E-state index in [1.165, 1.54) is 6.33 Å². The number of rotatable bonds is 6. The monoisotopic (exact) mass is 217 g/mol. The molecule has 5 nitrogen and oxygen atoms in total. The predicted octanol–water partition coefficient (Wildman–Crippen LogP) is 0.747. The van der Waals surface area contributed by atoms with Crippen molar-refractivity contribution in [3.8, 4) is 0 Å². The molecule has 0 radical (unpaired) electrons. The van der Waals surface area contributed by atoms with Crippen LogP contribution < -0.4 is 5.32 Å². The number of carbonyl (C=O) groups is 1. The molecule has 6 heteroatoms. The molecule has 0 spiro atoms. The van der Waals surface area contributed by atoms with Gasteiger partial charge in [0, 0.05) is 25.3 Å². The normalized spacial score (nSPS) is 10.1. The van der Waals surface area contributed by atoms with Gasteiger partial charge in [-0.2, -0.15) is 4.98 Å². The Balaban J connectivity index is 2.06. The molecule has 1 amide bonds. The van der Waals surface area contributed by atoms with Gasteiger partial charge in [0.2, 0.25) is 11.8 Å². The van der Waals surface area contributed by atoms with E-state index >= 15 is 0 Å². The van der Waals surface area contributed by atoms with Crippen molar-refractivity contribution in [1.29, 1.82) is 0 Å². The largest absolute Gasteiger partial charge is 0.356 e. The summed E-state index contributed by atoms with van der Waals surface area (Å²) in [5.74, 6) is 1.05. The van der Waals surface area contributed by atoms with E-state index in [1.807, 2.05) is 0 Å². The molecule has 0 fully saturated rings. The van der Waals surface area contributed by atoms with Crippen molar-refractivity contribution in [3.63, 3.8) is 0 Å². The zero-order chi connectivity index (χ0) is 10.2. The van der Waals surface area contributed by atoms with Gasteiger partial charge in [0.25, 0.3) is 0 Å². The summed E-state index contributed by atoms with van der Waals surface area (Å²) in [6.07, 6.45) is 3.07. The van der Waals surface area contributed by atoms with Gasteiger partial charge in [0.05, 0.1) is 0 Å². The minimum atomic E-state index is 0.00478. The first-order valence-corrected chi connectivity index (χ1v) is 4.94. The number of alkyl halides is 1. The van der Waals surface area contributed by atoms with Crippen molar-refractivity contribution in [1.82, 2.24) is 15.5 Å². The summed E-state index contributed by atoms with van der Waals surface area (Å²) < 4.78 is 4.76. The van der Waals surface area contributed by atoms with Crippen LogP contribution in [0.4, 0.5) is 0 Å². The van der Waals surface area contributed by atoms with E-state index in [2.05, 4.69) is 15.5 Å². The molecule has 14 heavy (non-hydrogen) atoms. The fourth-order valence-electron chi connectivity index (χ4n) is 0.931. The van der Waals surface area contributed by atoms with Crippen LogP contribution in [0, 0.1) is 0 Å². The average Bonchev–Trinajstić information content (AvgIpc) is 2.67. The summed E-state index contributed by atoms with van der Waals surface area (Å²) in [6, 6.07) is 0. The molecule has 0 atom stereocenters. The summed E-state index contributed by atoms with van der Waals surface area (Å²) >= 11 is 5.45. The molecule has 1 aromatic heterocycles. The minimum Gasteiger partial charge on any atom is -0.356 e. The Morgan fingerprint density at radius 2 is 2.50 bits per heavy atom. The standard InChI is InChI=1S/C8H12ClN3O2/c9-4-1-2-7(13)10-5-3-8-11-6-12-14-8/h6H,1-5H2,(H,10,13). The molecule has 1 N–H and O–H groups in total. The van der Waals surface area contributed by atoms with Crippen LogP contribution in [-0.2, 0) is 11.2 Å². The molecule has 0 aliphatic rings. The summed E-state index contributed by atoms with van der Waals surface area (Å²) in [4.78, 5) is 14.9. The van der Waals surface area contributed by atoms with Crippen LogP contribution in [0.1, 0.15) is 18.7 Å². The lowest BCUT2D eigenvalue weighted by Gasteiger charge is -2.01. The second-order valence-electron chi connectivity index (χ2n) is 2.73. The maximum atomic E-state index is 11.1. The second-order valence-corrected chi connectivity index (χ2v) is 3.11. The van der Waals surface area contributed by atoms with E-state index in [1.54, 1.807) is 0 Å². The van der Waals surface area contributed by atoms with Crippen LogP contribution in [0.3, 0.4) is 0 Å². The fourth-order valence-corrected chi connectivity index (χ4v) is 1.06. The van der Waals surface area contributed by atoms with Crippen LogP contribution in [0.2, 0.25) is 0 Å². The van der Waals surface area contributed by atoms with Crippen molar-refractivity contribution in [2.24, 2.45) is 0 Å². The van der Waals surface area contributed by atoms with E-state index in [0.717, 1.165) is 0 Å². The molecular weight excluding hydrogens is 206 g/mol. The molecule has 0 bridgehead atoms. The molecule has 0 aliphatic carbocycles. The lowest BCUT2D eigenvalue weighted by Crippen LogP contribution is -2.25. The highest BCUT2D eigenvalue weighted by Gasteiger charge is 2.02. The zero-order valence-corrected chi connectivity index (χ0v) is 8.46. The van der Waals surface area contributed by atoms with Gasteiger partial charge in [-0.3, -0.25) is 4.79 Å². The Kier molecular flexibility index (Phi) is 4.99. The van der Waals surface area contributed by atoms with Gasteiger partial charge in [0.15, 0.2) is 6.33 Å². The molecule has 1 heterocycles. The van der Waals surface area contributed by atoms with Gasteiger partial charge in [-0.15, -0.1) is 11.6 Å². The van der Waals surface area contributed by atoms with E-state index in [4.69, 9.17) is 16.1 Å². The number of aromatic nitrogens is 2. The van der Waals surface area contributed by atoms with Crippen molar-refractivity contribution >= 4 is 17.5 Å². The molecule has 1 aromatic rings. The SMILES string of the molecule is O=C(CCCCl)NCCc1ncno1. The molecule has 78 valence electrons. The van der Waals surface area contributed by atoms with Crippen LogP contribution in [-0.4, -0.2) is 28.5 Å². The van der Waals surface area contributed by atoms with E-state index in [-0.39, 0.29) is 5.91 Å². The van der Waals surface area contributed by atoms with Crippen LogP contribution in [0.5, 0.6) is 0 Å². The lowest BCUT2D eigenvalue weighted by atomic mass is 10.3. The first-order valence-electron chi connectivity index (χ1n) is 4.41. The van der Waals surface area contributed by atoms with Crippen molar-refractivity contribution < 1.29 is 9.32 Å². The number of carbonyl (C=O) groups excluding carboxylic acids is 1. The predicted molar refractivity (Wildman–Crippen MR) is 51.0 cm³/mol. The van der Waals surface area contributed by atoms with Crippen molar-refractivity contribution in [3.05, 3.63) is 12.2 Å². The van der Waals surface area contributed by atoms with Crippen molar-refractivity contribution in [2.45, 2.75) is 19.3 Å². The third kappa shape index (κ3) is 4.23. The Hall–Kier alpha value is -1.10. The molecule has 0 saturated carbocycles. The van der Waals surface area contributed by atoms with Crippen LogP contribution in [0.25, 0.3) is 0 Å². The van der Waals surface area contributed by atoms with Gasteiger partial charge in [0.1, 0.15) is 0 Å². The Labute approximate surface area is 86.8 Å². The summed E-state index contributed by atoms with van der Waals surface area (Å²) in [7, 11) is 0. The third-order valence-electron chi connectivity index (χ3n) is 1.61. The van der Waals surface area contributed by atoms with Crippen molar-refractivity contribution in [2.75, 3.05) is 12.4 Å². The smallest absolute Gasteiger partial charge is 0.228 e. The quantitative estimate of drug-likeness (QED) is 0.714. The Bertz CT molecular complexity index is 264. The first kappa shape index (κ1) is 11.0. The van der Waals surface area contributed by atoms with E-state index in [0.29, 0.717) is 37.6 Å². The van der Waals surface area contributed by atoms with E-state index < -0.39 is 0 Å². The number of nitrogens with zero attached hydrogens (tertiary/aromatic N) is 2. The number of nitrogens with one attached hydrogen (secondary N) is 1. The second kappa shape index (κ2) is 6.37. The maximum Gasteiger partial charge on any atom is 0.228 e. The Morgan fingerprint density at radius 1 is 1.64 bits per heavy atom. The third-order valence-corrected chi connectivity index (χ3v) is 1.87. The van der Waals surface area contributed by atoms with Crippen LogP contribution in [0.15, 0.2) is 10.9 Å².